The van der Waals surface area contributed by atoms with E-state index in [2.05, 4.69) is 61.1 Å². The lowest BCUT2D eigenvalue weighted by atomic mass is 9.33. The minimum Gasteiger partial charge on any atom is -0.369 e. The van der Waals surface area contributed by atoms with E-state index < -0.39 is 5.41 Å². The summed E-state index contributed by atoms with van der Waals surface area (Å²) in [4.78, 5) is 26.7. The largest absolute Gasteiger partial charge is 0.369 e. The summed E-state index contributed by atoms with van der Waals surface area (Å²) in [5.74, 6) is 1.03. The van der Waals surface area contributed by atoms with Gasteiger partial charge in [0.2, 0.25) is 5.91 Å². The third-order valence-electron chi connectivity index (χ3n) is 13.2. The first-order valence-corrected chi connectivity index (χ1v) is 13.8. The molecule has 0 heterocycles. The van der Waals surface area contributed by atoms with Crippen molar-refractivity contribution in [3.8, 4) is 0 Å². The van der Waals surface area contributed by atoms with Gasteiger partial charge in [-0.25, -0.2) is 0 Å². The molecule has 0 bridgehead atoms. The maximum Gasteiger partial charge on any atom is 0.223 e. The van der Waals surface area contributed by atoms with Crippen molar-refractivity contribution in [1.29, 1.82) is 0 Å². The number of ketones is 1. The lowest BCUT2D eigenvalue weighted by molar-refractivity contribution is -0.178. The number of carbonyl (C=O) groups excluding carboxylic acids is 2. The zero-order valence-corrected chi connectivity index (χ0v) is 22.8. The molecular weight excluding hydrogens is 418 g/mol. The van der Waals surface area contributed by atoms with Crippen LogP contribution in [0.2, 0.25) is 0 Å². The van der Waals surface area contributed by atoms with Crippen molar-refractivity contribution in [2.45, 2.75) is 106 Å². The van der Waals surface area contributed by atoms with Crippen molar-refractivity contribution in [1.82, 2.24) is 0 Å². The van der Waals surface area contributed by atoms with E-state index >= 15 is 0 Å². The fourth-order valence-electron chi connectivity index (χ4n) is 10.3. The van der Waals surface area contributed by atoms with Gasteiger partial charge in [-0.05, 0) is 103 Å². The zero-order valence-electron chi connectivity index (χ0n) is 22.8. The molecule has 0 aliphatic heterocycles. The third kappa shape index (κ3) is 2.76. The fourth-order valence-corrected chi connectivity index (χ4v) is 10.3. The minimum absolute atomic E-state index is 0.00176. The minimum atomic E-state index is -0.471. The Bertz CT molecular complexity index is 1010. The summed E-state index contributed by atoms with van der Waals surface area (Å²) in [5, 5.41) is 0. The number of amides is 1. The van der Waals surface area contributed by atoms with Crippen LogP contribution in [0.25, 0.3) is 0 Å². The molecule has 1 amide bonds. The van der Waals surface area contributed by atoms with E-state index in [1.54, 1.807) is 0 Å². The van der Waals surface area contributed by atoms with Gasteiger partial charge < -0.3 is 5.73 Å². The summed E-state index contributed by atoms with van der Waals surface area (Å²) in [6.07, 6.45) is 11.5. The van der Waals surface area contributed by atoms with Gasteiger partial charge in [0, 0.05) is 11.3 Å². The average molecular weight is 466 g/mol. The van der Waals surface area contributed by atoms with E-state index in [4.69, 9.17) is 5.73 Å². The van der Waals surface area contributed by atoms with Gasteiger partial charge in [0.1, 0.15) is 0 Å². The van der Waals surface area contributed by atoms with Crippen LogP contribution >= 0.6 is 0 Å². The number of nitrogens with two attached hydrogens (primary N) is 1. The topological polar surface area (TPSA) is 60.2 Å². The fraction of sp³-hybridized carbons (Fsp3) is 0.806. The Labute approximate surface area is 207 Å². The van der Waals surface area contributed by atoms with Crippen LogP contribution in [-0.4, -0.2) is 11.7 Å². The van der Waals surface area contributed by atoms with Crippen LogP contribution < -0.4 is 5.73 Å². The Morgan fingerprint density at radius 2 is 1.62 bits per heavy atom. The molecule has 3 heteroatoms. The molecule has 188 valence electrons. The second-order valence-electron chi connectivity index (χ2n) is 14.9. The monoisotopic (exact) mass is 465 g/mol. The van der Waals surface area contributed by atoms with E-state index in [1.165, 1.54) is 24.0 Å². The molecule has 34 heavy (non-hydrogen) atoms. The van der Waals surface area contributed by atoms with Crippen molar-refractivity contribution >= 4 is 11.7 Å². The summed E-state index contributed by atoms with van der Waals surface area (Å²) in [5.41, 5.74) is 8.38. The average Bonchev–Trinajstić information content (AvgIpc) is 2.73. The Morgan fingerprint density at radius 1 is 0.971 bits per heavy atom. The highest BCUT2D eigenvalue weighted by Gasteiger charge is 2.69. The molecule has 4 saturated carbocycles. The van der Waals surface area contributed by atoms with Crippen LogP contribution in [0.5, 0.6) is 0 Å². The molecule has 0 radical (unpaired) electrons. The molecule has 5 aliphatic carbocycles. The van der Waals surface area contributed by atoms with Crippen LogP contribution in [-0.2, 0) is 9.59 Å². The summed E-state index contributed by atoms with van der Waals surface area (Å²) in [7, 11) is 0. The first kappa shape index (κ1) is 24.3. The molecule has 0 spiro atoms. The second-order valence-corrected chi connectivity index (χ2v) is 14.9. The van der Waals surface area contributed by atoms with Gasteiger partial charge in [0.05, 0.1) is 0 Å². The van der Waals surface area contributed by atoms with Gasteiger partial charge in [0.25, 0.3) is 0 Å². The molecule has 0 saturated heterocycles. The molecule has 5 rings (SSSR count). The number of allylic oxidation sites excluding steroid dienone is 3. The van der Waals surface area contributed by atoms with Gasteiger partial charge in [-0.3, -0.25) is 9.59 Å². The summed E-state index contributed by atoms with van der Waals surface area (Å²) in [6, 6.07) is 0. The van der Waals surface area contributed by atoms with E-state index in [9.17, 15) is 9.59 Å². The molecule has 8 atom stereocenters. The lowest BCUT2D eigenvalue weighted by Crippen LogP contribution is -2.65. The van der Waals surface area contributed by atoms with Crippen LogP contribution in [0.4, 0.5) is 0 Å². The Kier molecular flexibility index (Phi) is 4.92. The molecular formula is C31H47NO2. The van der Waals surface area contributed by atoms with Gasteiger partial charge >= 0.3 is 0 Å². The maximum absolute atomic E-state index is 14.3. The van der Waals surface area contributed by atoms with Gasteiger partial charge in [-0.15, -0.1) is 0 Å². The molecule has 0 aromatic heterocycles. The summed E-state index contributed by atoms with van der Waals surface area (Å²) >= 11 is 0. The molecule has 2 N–H and O–H groups in total. The number of fused-ring (bicyclic) bond motifs is 7. The predicted molar refractivity (Wildman–Crippen MR) is 138 cm³/mol. The highest BCUT2D eigenvalue weighted by Crippen LogP contribution is 2.75. The summed E-state index contributed by atoms with van der Waals surface area (Å²) in [6.45, 7) is 21.0. The molecule has 5 aliphatic rings. The molecule has 0 aromatic rings. The van der Waals surface area contributed by atoms with Crippen molar-refractivity contribution in [2.24, 2.45) is 56.0 Å². The van der Waals surface area contributed by atoms with E-state index in [0.29, 0.717) is 11.7 Å². The molecule has 3 nitrogen and oxygen atoms in total. The molecule has 4 fully saturated rings. The highest BCUT2D eigenvalue weighted by molar-refractivity contribution is 5.95. The van der Waals surface area contributed by atoms with E-state index in [1.807, 2.05) is 0 Å². The van der Waals surface area contributed by atoms with Crippen molar-refractivity contribution < 1.29 is 9.59 Å². The van der Waals surface area contributed by atoms with Gasteiger partial charge in [-0.1, -0.05) is 66.2 Å². The third-order valence-corrected chi connectivity index (χ3v) is 13.2. The van der Waals surface area contributed by atoms with Crippen molar-refractivity contribution in [3.63, 3.8) is 0 Å². The normalized spacial score (nSPS) is 52.0. The van der Waals surface area contributed by atoms with E-state index in [-0.39, 0.29) is 44.8 Å². The lowest BCUT2D eigenvalue weighted by Gasteiger charge is -2.70. The van der Waals surface area contributed by atoms with Crippen LogP contribution in [0, 0.1) is 50.2 Å². The van der Waals surface area contributed by atoms with Crippen molar-refractivity contribution in [3.05, 3.63) is 23.8 Å². The van der Waals surface area contributed by atoms with Crippen LogP contribution in [0.3, 0.4) is 0 Å². The SMILES string of the molecule is C=C1CC[C@]2(C)[C@H]3C(=O)C=C4[C@@H]5C[C@@](C)(C(N)=O)CC[C@]5(C)CC[C@@]4(C)[C@]3(C)CC[C@H]2C1(C)C. The Balaban J connectivity index is 1.63. The number of hydrogen-bond donors (Lipinski definition) is 1. The Hall–Kier alpha value is -1.38. The smallest absolute Gasteiger partial charge is 0.223 e. The molecule has 0 aromatic carbocycles. The second kappa shape index (κ2) is 6.88. The zero-order chi connectivity index (χ0) is 25.1. The van der Waals surface area contributed by atoms with Crippen LogP contribution in [0.15, 0.2) is 23.8 Å². The highest BCUT2D eigenvalue weighted by atomic mass is 16.1. The quantitative estimate of drug-likeness (QED) is 0.423. The molecule has 0 unspecified atom stereocenters. The van der Waals surface area contributed by atoms with Gasteiger partial charge in [-0.2, -0.15) is 0 Å². The number of rotatable bonds is 1. The van der Waals surface area contributed by atoms with E-state index in [0.717, 1.165) is 44.9 Å². The van der Waals surface area contributed by atoms with Crippen LogP contribution in [0.1, 0.15) is 106 Å². The Morgan fingerprint density at radius 3 is 2.26 bits per heavy atom. The number of carbonyl (C=O) groups is 2. The first-order chi connectivity index (χ1) is 15.6. The van der Waals surface area contributed by atoms with Gasteiger partial charge in [0.15, 0.2) is 5.78 Å². The first-order valence-electron chi connectivity index (χ1n) is 13.8. The number of hydrogen-bond acceptors (Lipinski definition) is 2. The standard InChI is InChI=1S/C31H47NO2/c1-19-9-11-29(6)23(26(19,2)3)10-12-31(8)24(29)22(33)17-20-21-18-28(5,25(32)34)14-13-27(21,4)15-16-30(20,31)7/h17,21,23-24H,1,9-16,18H2,2-8H3,(H2,32,34)/t21-,23-,24+,27+,28-,29-,30+,31+/m0/s1. The predicted octanol–water partition coefficient (Wildman–Crippen LogP) is 7.01. The van der Waals surface area contributed by atoms with Crippen molar-refractivity contribution in [2.75, 3.05) is 0 Å². The number of primary amides is 1. The maximum atomic E-state index is 14.3. The summed E-state index contributed by atoms with van der Waals surface area (Å²) < 4.78 is 0.